The molecule has 3 heterocycles. The highest BCUT2D eigenvalue weighted by atomic mass is 16.3. The highest BCUT2D eigenvalue weighted by Crippen LogP contribution is 2.27. The van der Waals surface area contributed by atoms with Crippen molar-refractivity contribution >= 4 is 5.69 Å². The average Bonchev–Trinajstić information content (AvgIpc) is 3.05. The van der Waals surface area contributed by atoms with Gasteiger partial charge in [-0.25, -0.2) is 4.85 Å². The summed E-state index contributed by atoms with van der Waals surface area (Å²) in [6.45, 7) is 6.90. The summed E-state index contributed by atoms with van der Waals surface area (Å²) in [5.41, 5.74) is 2.29. The first-order valence-corrected chi connectivity index (χ1v) is 6.10. The molecule has 0 aliphatic rings. The van der Waals surface area contributed by atoms with Crippen molar-refractivity contribution in [2.24, 2.45) is 0 Å². The Kier molecular flexibility index (Phi) is 3.16. The van der Waals surface area contributed by atoms with Crippen LogP contribution in [0.3, 0.4) is 0 Å². The summed E-state index contributed by atoms with van der Waals surface area (Å²) < 4.78 is 5.72. The monoisotopic (exact) mass is 272 g/mol. The Morgan fingerprint density at radius 2 is 1.62 bits per heavy atom. The molecule has 0 radical (unpaired) electrons. The number of aromatic nitrogens is 2. The molecule has 5 nitrogen and oxygen atoms in total. The zero-order valence-electron chi connectivity index (χ0n) is 10.8. The third kappa shape index (κ3) is 2.49. The van der Waals surface area contributed by atoms with Gasteiger partial charge in [-0.15, -0.1) is 0 Å². The van der Waals surface area contributed by atoms with Gasteiger partial charge in [-0.05, 0) is 30.3 Å². The van der Waals surface area contributed by atoms with E-state index in [4.69, 9.17) is 16.3 Å². The number of hydrogen-bond donors (Lipinski definition) is 0. The first kappa shape index (κ1) is 12.6. The van der Waals surface area contributed by atoms with Crippen LogP contribution in [-0.4, -0.2) is 9.97 Å². The minimum atomic E-state index is 0.485. The fraction of sp³-hybridized carbons (Fsp3) is 0. The van der Waals surface area contributed by atoms with Crippen LogP contribution in [0.4, 0.5) is 5.69 Å². The average molecular weight is 272 g/mol. The van der Waals surface area contributed by atoms with Gasteiger partial charge in [0.1, 0.15) is 17.5 Å². The van der Waals surface area contributed by atoms with E-state index in [1.807, 2.05) is 6.07 Å². The second-order valence-electron chi connectivity index (χ2n) is 4.22. The third-order valence-electron chi connectivity index (χ3n) is 2.88. The Balaban J connectivity index is 1.92. The molecule has 3 aromatic rings. The van der Waals surface area contributed by atoms with Gasteiger partial charge in [0.05, 0.1) is 12.1 Å². The molecule has 0 unspecified atom stereocenters. The molecule has 0 atom stereocenters. The first-order chi connectivity index (χ1) is 10.3. The standard InChI is InChI=1S/C16H8N4O/c1-18-12-3-5-14(20-10-12)16-7-6-15(21-16)13-4-2-11(8-17)9-19-13/h2-7,9-10H. The zero-order valence-corrected chi connectivity index (χ0v) is 10.8. The fourth-order valence-corrected chi connectivity index (χ4v) is 1.82. The molecular formula is C16H8N4O. The van der Waals surface area contributed by atoms with Gasteiger partial charge >= 0.3 is 0 Å². The van der Waals surface area contributed by atoms with Gasteiger partial charge in [0.25, 0.3) is 0 Å². The van der Waals surface area contributed by atoms with Crippen molar-refractivity contribution in [1.29, 1.82) is 5.26 Å². The van der Waals surface area contributed by atoms with Crippen LogP contribution in [-0.2, 0) is 0 Å². The summed E-state index contributed by atoms with van der Waals surface area (Å²) in [5, 5.41) is 8.75. The third-order valence-corrected chi connectivity index (χ3v) is 2.88. The van der Waals surface area contributed by atoms with Gasteiger partial charge in [-0.3, -0.25) is 9.97 Å². The molecule has 98 valence electrons. The van der Waals surface area contributed by atoms with Gasteiger partial charge < -0.3 is 4.42 Å². The molecule has 0 aliphatic carbocycles. The molecule has 21 heavy (non-hydrogen) atoms. The van der Waals surface area contributed by atoms with Crippen molar-refractivity contribution in [1.82, 2.24) is 9.97 Å². The van der Waals surface area contributed by atoms with Gasteiger partial charge in [-0.2, -0.15) is 5.26 Å². The van der Waals surface area contributed by atoms with E-state index < -0.39 is 0 Å². The quantitative estimate of drug-likeness (QED) is 0.665. The molecule has 0 fully saturated rings. The van der Waals surface area contributed by atoms with Crippen molar-refractivity contribution in [2.45, 2.75) is 0 Å². The Morgan fingerprint density at radius 1 is 0.952 bits per heavy atom. The molecule has 0 amide bonds. The number of furan rings is 1. The maximum absolute atomic E-state index is 8.75. The number of pyridine rings is 2. The number of rotatable bonds is 2. The fourth-order valence-electron chi connectivity index (χ4n) is 1.82. The highest BCUT2D eigenvalue weighted by Gasteiger charge is 2.09. The highest BCUT2D eigenvalue weighted by molar-refractivity contribution is 5.61. The van der Waals surface area contributed by atoms with Crippen LogP contribution in [0.25, 0.3) is 27.8 Å². The summed E-state index contributed by atoms with van der Waals surface area (Å²) in [6.07, 6.45) is 3.00. The maximum atomic E-state index is 8.75. The smallest absolute Gasteiger partial charge is 0.205 e. The molecule has 5 heteroatoms. The van der Waals surface area contributed by atoms with Crippen molar-refractivity contribution in [3.8, 4) is 29.0 Å². The zero-order chi connectivity index (χ0) is 14.7. The molecule has 3 aromatic heterocycles. The van der Waals surface area contributed by atoms with Crippen molar-refractivity contribution in [3.63, 3.8) is 0 Å². The van der Waals surface area contributed by atoms with E-state index >= 15 is 0 Å². The Hall–Kier alpha value is -3.44. The summed E-state index contributed by atoms with van der Waals surface area (Å²) in [4.78, 5) is 11.7. The van der Waals surface area contributed by atoms with Crippen LogP contribution in [0.1, 0.15) is 5.56 Å². The summed E-state index contributed by atoms with van der Waals surface area (Å²) >= 11 is 0. The van der Waals surface area contributed by atoms with Crippen LogP contribution in [0.15, 0.2) is 53.2 Å². The minimum Gasteiger partial charge on any atom is -0.453 e. The second kappa shape index (κ2) is 5.28. The van der Waals surface area contributed by atoms with E-state index in [9.17, 15) is 0 Å². The molecule has 0 N–H and O–H groups in total. The van der Waals surface area contributed by atoms with Crippen molar-refractivity contribution in [3.05, 3.63) is 65.8 Å². The van der Waals surface area contributed by atoms with Gasteiger partial charge in [-0.1, -0.05) is 6.07 Å². The first-order valence-electron chi connectivity index (χ1n) is 6.10. The van der Waals surface area contributed by atoms with E-state index in [2.05, 4.69) is 14.8 Å². The van der Waals surface area contributed by atoms with Crippen LogP contribution in [0.2, 0.25) is 0 Å². The van der Waals surface area contributed by atoms with E-state index in [0.29, 0.717) is 34.2 Å². The van der Waals surface area contributed by atoms with E-state index in [1.165, 1.54) is 12.4 Å². The Morgan fingerprint density at radius 3 is 2.10 bits per heavy atom. The minimum absolute atomic E-state index is 0.485. The van der Waals surface area contributed by atoms with E-state index in [-0.39, 0.29) is 0 Å². The molecule has 0 spiro atoms. The summed E-state index contributed by atoms with van der Waals surface area (Å²) in [6, 6.07) is 12.5. The van der Waals surface area contributed by atoms with Crippen LogP contribution >= 0.6 is 0 Å². The molecule has 0 saturated carbocycles. The lowest BCUT2D eigenvalue weighted by Crippen LogP contribution is -1.82. The molecular weight excluding hydrogens is 264 g/mol. The number of nitrogens with zero attached hydrogens (tertiary/aromatic N) is 4. The predicted molar refractivity (Wildman–Crippen MR) is 76.1 cm³/mol. The second-order valence-corrected chi connectivity index (χ2v) is 4.22. The largest absolute Gasteiger partial charge is 0.453 e. The summed E-state index contributed by atoms with van der Waals surface area (Å²) in [7, 11) is 0. The van der Waals surface area contributed by atoms with Crippen molar-refractivity contribution < 1.29 is 4.42 Å². The van der Waals surface area contributed by atoms with Gasteiger partial charge in [0, 0.05) is 12.4 Å². The van der Waals surface area contributed by atoms with E-state index in [1.54, 1.807) is 36.4 Å². The molecule has 0 saturated heterocycles. The molecule has 3 rings (SSSR count). The SMILES string of the molecule is [C-]#[N+]c1ccc(-c2ccc(-c3ccc(C#N)cn3)o2)nc1. The Labute approximate surface area is 121 Å². The molecule has 0 aliphatic heterocycles. The maximum Gasteiger partial charge on any atom is 0.205 e. The Bertz CT molecular complexity index is 777. The lowest BCUT2D eigenvalue weighted by Gasteiger charge is -1.98. The molecule has 0 bridgehead atoms. The van der Waals surface area contributed by atoms with Gasteiger partial charge in [0.15, 0.2) is 11.5 Å². The van der Waals surface area contributed by atoms with Gasteiger partial charge in [0.2, 0.25) is 5.69 Å². The lowest BCUT2D eigenvalue weighted by atomic mass is 10.2. The van der Waals surface area contributed by atoms with Crippen LogP contribution in [0, 0.1) is 17.9 Å². The van der Waals surface area contributed by atoms with E-state index in [0.717, 1.165) is 0 Å². The topological polar surface area (TPSA) is 67.1 Å². The molecule has 0 aromatic carbocycles. The predicted octanol–water partition coefficient (Wildman–Crippen LogP) is 3.83. The number of nitriles is 1. The summed E-state index contributed by atoms with van der Waals surface area (Å²) in [5.74, 6) is 1.21. The van der Waals surface area contributed by atoms with Crippen LogP contribution < -0.4 is 0 Å². The van der Waals surface area contributed by atoms with Crippen LogP contribution in [0.5, 0.6) is 0 Å². The normalized spacial score (nSPS) is 9.81. The lowest BCUT2D eigenvalue weighted by molar-refractivity contribution is 0.592. The number of hydrogen-bond acceptors (Lipinski definition) is 4. The van der Waals surface area contributed by atoms with Crippen molar-refractivity contribution in [2.75, 3.05) is 0 Å².